The van der Waals surface area contributed by atoms with Crippen molar-refractivity contribution in [2.75, 3.05) is 4.72 Å². The molecule has 0 saturated heterocycles. The van der Waals surface area contributed by atoms with Crippen molar-refractivity contribution >= 4 is 56.0 Å². The minimum absolute atomic E-state index is 0.0327. The summed E-state index contributed by atoms with van der Waals surface area (Å²) in [5, 5.41) is 2.87. The predicted octanol–water partition coefficient (Wildman–Crippen LogP) is 4.52. The Kier molecular flexibility index (Phi) is 6.09. The zero-order valence-electron chi connectivity index (χ0n) is 16.6. The first-order valence-corrected chi connectivity index (χ1v) is 11.9. The van der Waals surface area contributed by atoms with Crippen molar-refractivity contribution in [1.29, 1.82) is 0 Å². The summed E-state index contributed by atoms with van der Waals surface area (Å²) in [6, 6.07) is 13.3. The van der Waals surface area contributed by atoms with Crippen LogP contribution in [0.4, 0.5) is 10.1 Å². The van der Waals surface area contributed by atoms with Crippen molar-refractivity contribution in [3.63, 3.8) is 0 Å². The number of nitrogens with zero attached hydrogens (tertiary/aromatic N) is 2. The lowest BCUT2D eigenvalue weighted by Crippen LogP contribution is -2.25. The van der Waals surface area contributed by atoms with Gasteiger partial charge in [0.15, 0.2) is 0 Å². The summed E-state index contributed by atoms with van der Waals surface area (Å²) in [6.45, 7) is 1.82. The van der Waals surface area contributed by atoms with Crippen LogP contribution < -0.4 is 10.0 Å². The standard InChI is InChI=1S/C21H16ClFN4O3S2/c1-12-5-8-15(21(28)24-11-13-6-7-14(23)10-16(13)22)18(9-12)27-32(29,30)19-4-2-3-17-20(19)26-31-25-17/h2-10,27H,11H2,1H3,(H,24,28). The highest BCUT2D eigenvalue weighted by Crippen LogP contribution is 2.26. The molecule has 2 N–H and O–H groups in total. The lowest BCUT2D eigenvalue weighted by Gasteiger charge is -2.14. The molecule has 1 aromatic heterocycles. The van der Waals surface area contributed by atoms with Crippen LogP contribution in [0.25, 0.3) is 11.0 Å². The van der Waals surface area contributed by atoms with Gasteiger partial charge in [-0.1, -0.05) is 29.8 Å². The Balaban J connectivity index is 1.62. The summed E-state index contributed by atoms with van der Waals surface area (Å²) in [6.07, 6.45) is 0. The number of hydrogen-bond acceptors (Lipinski definition) is 6. The van der Waals surface area contributed by atoms with Crippen LogP contribution >= 0.6 is 23.3 Å². The highest BCUT2D eigenvalue weighted by atomic mass is 35.5. The Hall–Kier alpha value is -3.08. The molecule has 1 amide bonds. The number of aromatic nitrogens is 2. The lowest BCUT2D eigenvalue weighted by atomic mass is 10.1. The van der Waals surface area contributed by atoms with Crippen LogP contribution in [0, 0.1) is 12.7 Å². The van der Waals surface area contributed by atoms with Gasteiger partial charge >= 0.3 is 0 Å². The van der Waals surface area contributed by atoms with E-state index in [1.807, 2.05) is 0 Å². The molecule has 0 unspecified atom stereocenters. The van der Waals surface area contributed by atoms with E-state index in [1.54, 1.807) is 31.2 Å². The normalized spacial score (nSPS) is 11.5. The third-order valence-electron chi connectivity index (χ3n) is 4.66. The number of carbonyl (C=O) groups is 1. The van der Waals surface area contributed by atoms with E-state index < -0.39 is 21.7 Å². The maximum atomic E-state index is 13.2. The van der Waals surface area contributed by atoms with Crippen molar-refractivity contribution in [3.8, 4) is 0 Å². The van der Waals surface area contributed by atoms with Gasteiger partial charge in [-0.15, -0.1) is 0 Å². The number of carbonyl (C=O) groups excluding carboxylic acids is 1. The highest BCUT2D eigenvalue weighted by Gasteiger charge is 2.22. The van der Waals surface area contributed by atoms with E-state index in [0.29, 0.717) is 11.1 Å². The quantitative estimate of drug-likeness (QED) is 0.413. The van der Waals surface area contributed by atoms with Gasteiger partial charge in [0.25, 0.3) is 15.9 Å². The molecular formula is C21H16ClFN4O3S2. The maximum Gasteiger partial charge on any atom is 0.264 e. The maximum absolute atomic E-state index is 13.2. The van der Waals surface area contributed by atoms with Crippen LogP contribution in [0.2, 0.25) is 5.02 Å². The van der Waals surface area contributed by atoms with Crippen LogP contribution in [0.5, 0.6) is 0 Å². The Labute approximate surface area is 192 Å². The van der Waals surface area contributed by atoms with Crippen molar-refractivity contribution in [3.05, 3.63) is 82.1 Å². The smallest absolute Gasteiger partial charge is 0.264 e. The van der Waals surface area contributed by atoms with Crippen LogP contribution in [0.1, 0.15) is 21.5 Å². The summed E-state index contributed by atoms with van der Waals surface area (Å²) in [7, 11) is -4.05. The Morgan fingerprint density at radius 3 is 2.72 bits per heavy atom. The summed E-state index contributed by atoms with van der Waals surface area (Å²) in [4.78, 5) is 12.8. The number of aryl methyl sites for hydroxylation is 1. The first kappa shape index (κ1) is 22.1. The fourth-order valence-corrected chi connectivity index (χ4v) is 5.15. The van der Waals surface area contributed by atoms with Gasteiger partial charge in [-0.05, 0) is 54.4 Å². The van der Waals surface area contributed by atoms with Gasteiger partial charge in [0.2, 0.25) is 0 Å². The Morgan fingerprint density at radius 2 is 1.94 bits per heavy atom. The van der Waals surface area contributed by atoms with Gasteiger partial charge in [0.05, 0.1) is 23.0 Å². The Bertz CT molecular complexity index is 1440. The average Bonchev–Trinajstić information content (AvgIpc) is 3.21. The number of rotatable bonds is 6. The number of benzene rings is 3. The Morgan fingerprint density at radius 1 is 1.12 bits per heavy atom. The summed E-state index contributed by atoms with van der Waals surface area (Å²) in [5.74, 6) is -0.998. The number of nitrogens with one attached hydrogen (secondary N) is 2. The molecule has 0 bridgehead atoms. The molecule has 32 heavy (non-hydrogen) atoms. The highest BCUT2D eigenvalue weighted by molar-refractivity contribution is 7.93. The second kappa shape index (κ2) is 8.81. The van der Waals surface area contributed by atoms with Gasteiger partial charge in [0, 0.05) is 11.6 Å². The number of sulfonamides is 1. The molecule has 0 saturated carbocycles. The van der Waals surface area contributed by atoms with Gasteiger partial charge in [-0.2, -0.15) is 8.75 Å². The molecule has 0 atom stereocenters. The number of fused-ring (bicyclic) bond motifs is 1. The molecule has 4 aromatic rings. The van der Waals surface area contributed by atoms with Crippen LogP contribution in [0.15, 0.2) is 59.5 Å². The van der Waals surface area contributed by atoms with E-state index in [0.717, 1.165) is 23.4 Å². The van der Waals surface area contributed by atoms with E-state index in [4.69, 9.17) is 11.6 Å². The zero-order chi connectivity index (χ0) is 22.9. The largest absolute Gasteiger partial charge is 0.348 e. The van der Waals surface area contributed by atoms with E-state index in [-0.39, 0.29) is 33.2 Å². The zero-order valence-corrected chi connectivity index (χ0v) is 19.0. The minimum atomic E-state index is -4.05. The molecular weight excluding hydrogens is 475 g/mol. The molecule has 0 spiro atoms. The lowest BCUT2D eigenvalue weighted by molar-refractivity contribution is 0.0952. The van der Waals surface area contributed by atoms with Crippen LogP contribution in [-0.4, -0.2) is 23.1 Å². The minimum Gasteiger partial charge on any atom is -0.348 e. The fraction of sp³-hybridized carbons (Fsp3) is 0.0952. The van der Waals surface area contributed by atoms with Gasteiger partial charge in [-0.25, -0.2) is 12.8 Å². The average molecular weight is 491 g/mol. The number of hydrogen-bond donors (Lipinski definition) is 2. The molecule has 164 valence electrons. The van der Waals surface area contributed by atoms with E-state index in [2.05, 4.69) is 18.8 Å². The molecule has 0 aliphatic carbocycles. The third-order valence-corrected chi connectivity index (χ3v) is 6.95. The molecule has 0 fully saturated rings. The number of anilines is 1. The molecule has 0 radical (unpaired) electrons. The van der Waals surface area contributed by atoms with Crippen molar-refractivity contribution in [1.82, 2.24) is 14.1 Å². The summed E-state index contributed by atoms with van der Waals surface area (Å²) < 4.78 is 50.1. The second-order valence-corrected chi connectivity index (χ2v) is 9.55. The fourth-order valence-electron chi connectivity index (χ4n) is 3.07. The molecule has 3 aromatic carbocycles. The molecule has 0 aliphatic rings. The van der Waals surface area contributed by atoms with E-state index in [1.165, 1.54) is 24.3 Å². The van der Waals surface area contributed by atoms with E-state index in [9.17, 15) is 17.6 Å². The monoisotopic (exact) mass is 490 g/mol. The molecule has 0 aliphatic heterocycles. The first-order valence-electron chi connectivity index (χ1n) is 9.31. The second-order valence-electron chi connectivity index (χ2n) is 6.96. The number of amides is 1. The summed E-state index contributed by atoms with van der Waals surface area (Å²) >= 11 is 6.93. The molecule has 1 heterocycles. The van der Waals surface area contributed by atoms with Crippen LogP contribution in [-0.2, 0) is 16.6 Å². The van der Waals surface area contributed by atoms with Gasteiger partial charge in [-0.3, -0.25) is 9.52 Å². The molecule has 7 nitrogen and oxygen atoms in total. The SMILES string of the molecule is Cc1ccc(C(=O)NCc2ccc(F)cc2Cl)c(NS(=O)(=O)c2cccc3nsnc23)c1. The van der Waals surface area contributed by atoms with Crippen molar-refractivity contribution < 1.29 is 17.6 Å². The number of halogens is 2. The predicted molar refractivity (Wildman–Crippen MR) is 122 cm³/mol. The molecule has 11 heteroatoms. The van der Waals surface area contributed by atoms with Gasteiger partial charge < -0.3 is 5.32 Å². The van der Waals surface area contributed by atoms with Crippen LogP contribution in [0.3, 0.4) is 0 Å². The topological polar surface area (TPSA) is 101 Å². The van der Waals surface area contributed by atoms with Gasteiger partial charge in [0.1, 0.15) is 21.7 Å². The third kappa shape index (κ3) is 4.57. The molecule has 4 rings (SSSR count). The van der Waals surface area contributed by atoms with Crippen molar-refractivity contribution in [2.24, 2.45) is 0 Å². The first-order chi connectivity index (χ1) is 15.2. The van der Waals surface area contributed by atoms with Crippen molar-refractivity contribution in [2.45, 2.75) is 18.4 Å². The summed E-state index contributed by atoms with van der Waals surface area (Å²) in [5.41, 5.74) is 2.26. The van der Waals surface area contributed by atoms with E-state index >= 15 is 0 Å².